The number of halogens is 6. The minimum atomic E-state index is -4.77. The Balaban J connectivity index is 0.945. The van der Waals surface area contributed by atoms with Gasteiger partial charge in [-0.15, -0.1) is 13.2 Å². The van der Waals surface area contributed by atoms with E-state index in [0.717, 1.165) is 107 Å². The van der Waals surface area contributed by atoms with Crippen LogP contribution in [0.3, 0.4) is 0 Å². The van der Waals surface area contributed by atoms with Crippen LogP contribution in [-0.2, 0) is 31.0 Å². The van der Waals surface area contributed by atoms with Crippen molar-refractivity contribution < 1.29 is 22.7 Å². The lowest BCUT2D eigenvalue weighted by atomic mass is 9.82. The maximum atomic E-state index is 14.1. The van der Waals surface area contributed by atoms with Gasteiger partial charge in [0.25, 0.3) is 0 Å². The second-order valence-corrected chi connectivity index (χ2v) is 17.8. The number of aromatic nitrogens is 2. The summed E-state index contributed by atoms with van der Waals surface area (Å²) in [5.74, 6) is -0.0588. The van der Waals surface area contributed by atoms with Gasteiger partial charge in [-0.1, -0.05) is 70.7 Å². The van der Waals surface area contributed by atoms with Gasteiger partial charge in [-0.05, 0) is 111 Å². The van der Waals surface area contributed by atoms with Crippen molar-refractivity contribution in [3.63, 3.8) is 0 Å². The molecule has 2 saturated heterocycles. The van der Waals surface area contributed by atoms with Gasteiger partial charge in [0.1, 0.15) is 10.9 Å². The first-order chi connectivity index (χ1) is 29.8. The van der Waals surface area contributed by atoms with Crippen LogP contribution in [0.25, 0.3) is 32.9 Å². The number of ketones is 1. The van der Waals surface area contributed by atoms with Crippen LogP contribution >= 0.6 is 34.8 Å². The zero-order chi connectivity index (χ0) is 43.4. The average Bonchev–Trinajstić information content (AvgIpc) is 3.61. The van der Waals surface area contributed by atoms with Crippen LogP contribution in [0.1, 0.15) is 54.4 Å². The summed E-state index contributed by atoms with van der Waals surface area (Å²) < 4.78 is 45.3. The Labute approximate surface area is 375 Å². The number of nitrogens with zero attached hydrogens (tertiary/aromatic N) is 4. The minimum absolute atomic E-state index is 0.206. The molecule has 8 rings (SSSR count). The van der Waals surface area contributed by atoms with Crippen LogP contribution in [0.15, 0.2) is 91.1 Å². The number of piperazine rings is 1. The molecule has 6 aromatic rings. The molecule has 326 valence electrons. The number of carbonyl (C=O) groups excluding carboxylic acids is 1. The van der Waals surface area contributed by atoms with Crippen LogP contribution in [-0.4, -0.2) is 76.3 Å². The normalized spacial score (nSPS) is 16.3. The molecule has 0 unspecified atom stereocenters. The number of unbranched alkanes of at least 4 members (excludes halogenated alkanes) is 1. The molecule has 0 aliphatic carbocycles. The molecular formula is C48H50Cl3F3N6O2. The molecule has 2 aliphatic rings. The van der Waals surface area contributed by atoms with Gasteiger partial charge < -0.3 is 19.9 Å². The van der Waals surface area contributed by atoms with E-state index in [1.807, 2.05) is 37.3 Å². The van der Waals surface area contributed by atoms with E-state index in [-0.39, 0.29) is 11.5 Å². The van der Waals surface area contributed by atoms with E-state index < -0.39 is 11.9 Å². The van der Waals surface area contributed by atoms with Crippen molar-refractivity contribution in [2.45, 2.75) is 77.1 Å². The number of hydrogen-bond acceptors (Lipinski definition) is 7. The molecule has 0 atom stereocenters. The molecule has 4 heterocycles. The number of fused-ring (bicyclic) bond motifs is 2. The number of carbonyl (C=O) groups is 1. The average molecular weight is 906 g/mol. The summed E-state index contributed by atoms with van der Waals surface area (Å²) in [5.41, 5.74) is 7.04. The van der Waals surface area contributed by atoms with Crippen molar-refractivity contribution in [1.29, 1.82) is 0 Å². The lowest BCUT2D eigenvalue weighted by Crippen LogP contribution is -2.57. The first-order valence-corrected chi connectivity index (χ1v) is 22.4. The predicted octanol–water partition coefficient (Wildman–Crippen LogP) is 11.0. The summed E-state index contributed by atoms with van der Waals surface area (Å²) in [6.07, 6.45) is 0.602. The molecule has 2 fully saturated rings. The molecule has 8 nitrogen and oxygen atoms in total. The van der Waals surface area contributed by atoms with Gasteiger partial charge in [0, 0.05) is 108 Å². The molecule has 2 aliphatic heterocycles. The SMILES string of the molecule is Cc1ccc2nc(Cl)c(CNC3(C(=O)CCCCn4cc(-c5ccc(OC(F)(F)F)cc5)c5cc(CN6CCN(Cc7c(Cl)cccc7Cl)CC6)ccc54)CCNCC3)cc2c1. The highest BCUT2D eigenvalue weighted by atomic mass is 35.5. The molecular weight excluding hydrogens is 856 g/mol. The summed E-state index contributed by atoms with van der Waals surface area (Å²) in [6, 6.07) is 26.3. The van der Waals surface area contributed by atoms with Gasteiger partial charge in [0.05, 0.1) is 11.1 Å². The first-order valence-electron chi connectivity index (χ1n) is 21.2. The molecule has 14 heteroatoms. The van der Waals surface area contributed by atoms with Crippen molar-refractivity contribution >= 4 is 62.4 Å². The zero-order valence-corrected chi connectivity index (χ0v) is 36.9. The molecule has 62 heavy (non-hydrogen) atoms. The molecule has 2 N–H and O–H groups in total. The minimum Gasteiger partial charge on any atom is -0.406 e. The smallest absolute Gasteiger partial charge is 0.406 e. The number of pyridine rings is 1. The van der Waals surface area contributed by atoms with E-state index in [9.17, 15) is 18.0 Å². The van der Waals surface area contributed by atoms with Crippen molar-refractivity contribution in [3.8, 4) is 16.9 Å². The van der Waals surface area contributed by atoms with E-state index >= 15 is 0 Å². The Bertz CT molecular complexity index is 2510. The van der Waals surface area contributed by atoms with E-state index in [2.05, 4.69) is 71.3 Å². The van der Waals surface area contributed by atoms with Crippen molar-refractivity contribution in [2.24, 2.45) is 0 Å². The summed E-state index contributed by atoms with van der Waals surface area (Å²) in [7, 11) is 0. The standard InChI is InChI=1S/C48H50Cl3F3N6O2/c1-32-8-14-43-35(25-32)27-36(46(51)57-43)28-56-47(16-18-55-19-17-47)45(61)7-2-3-20-60-31-39(34-10-12-37(13-11-34)62-48(52,53)54)38-26-33(9-15-44(38)60)29-58-21-23-59(24-22-58)30-40-41(49)5-4-6-42(40)50/h4-6,8-15,25-27,31,55-56H,2-3,7,16-24,28-30H2,1H3. The van der Waals surface area contributed by atoms with Crippen LogP contribution < -0.4 is 15.4 Å². The van der Waals surface area contributed by atoms with Crippen LogP contribution in [0, 0.1) is 6.92 Å². The highest BCUT2D eigenvalue weighted by molar-refractivity contribution is 6.36. The van der Waals surface area contributed by atoms with Crippen LogP contribution in [0.2, 0.25) is 15.2 Å². The third kappa shape index (κ3) is 10.6. The Morgan fingerprint density at radius 3 is 2.29 bits per heavy atom. The number of aryl methyl sites for hydroxylation is 2. The number of piperidine rings is 1. The molecule has 2 aromatic heterocycles. The predicted molar refractivity (Wildman–Crippen MR) is 243 cm³/mol. The maximum Gasteiger partial charge on any atom is 0.573 e. The van der Waals surface area contributed by atoms with Gasteiger partial charge in [-0.25, -0.2) is 4.98 Å². The lowest BCUT2D eigenvalue weighted by Gasteiger charge is -2.37. The highest BCUT2D eigenvalue weighted by Crippen LogP contribution is 2.35. The number of rotatable bonds is 15. The van der Waals surface area contributed by atoms with E-state index in [1.165, 1.54) is 12.1 Å². The Morgan fingerprint density at radius 2 is 1.58 bits per heavy atom. The third-order valence-corrected chi connectivity index (χ3v) is 13.4. The van der Waals surface area contributed by atoms with Gasteiger partial charge in [-0.2, -0.15) is 0 Å². The Hall–Kier alpha value is -4.20. The van der Waals surface area contributed by atoms with E-state index in [4.69, 9.17) is 34.8 Å². The summed E-state index contributed by atoms with van der Waals surface area (Å²) in [4.78, 5) is 23.5. The van der Waals surface area contributed by atoms with Crippen molar-refractivity contribution in [2.75, 3.05) is 39.3 Å². The fraction of sp³-hybridized carbons (Fsp3) is 0.375. The van der Waals surface area contributed by atoms with Gasteiger partial charge in [-0.3, -0.25) is 14.6 Å². The fourth-order valence-corrected chi connectivity index (χ4v) is 9.61. The van der Waals surface area contributed by atoms with Crippen molar-refractivity contribution in [1.82, 2.24) is 30.0 Å². The number of benzene rings is 4. The number of Topliss-reactive ketones (excluding diaryl/α,β-unsaturated/α-hetero) is 1. The number of nitrogens with one attached hydrogen (secondary N) is 2. The molecule has 0 radical (unpaired) electrons. The molecule has 0 bridgehead atoms. The van der Waals surface area contributed by atoms with Crippen molar-refractivity contribution in [3.05, 3.63) is 129 Å². The second kappa shape index (κ2) is 19.3. The van der Waals surface area contributed by atoms with Crippen LogP contribution in [0.5, 0.6) is 5.75 Å². The second-order valence-electron chi connectivity index (χ2n) is 16.6. The largest absolute Gasteiger partial charge is 0.573 e. The third-order valence-electron chi connectivity index (χ3n) is 12.3. The monoisotopic (exact) mass is 904 g/mol. The van der Waals surface area contributed by atoms with Crippen LogP contribution in [0.4, 0.5) is 13.2 Å². The molecule has 0 spiro atoms. The summed E-state index contributed by atoms with van der Waals surface area (Å²) >= 11 is 19.6. The lowest BCUT2D eigenvalue weighted by molar-refractivity contribution is -0.274. The number of alkyl halides is 3. The summed E-state index contributed by atoms with van der Waals surface area (Å²) in [6.45, 7) is 9.66. The molecule has 0 saturated carbocycles. The number of ether oxygens (including phenoxy) is 1. The molecule has 0 amide bonds. The first kappa shape index (κ1) is 44.4. The highest BCUT2D eigenvalue weighted by Gasteiger charge is 2.38. The Kier molecular flexibility index (Phi) is 13.8. The molecule has 4 aromatic carbocycles. The summed E-state index contributed by atoms with van der Waals surface area (Å²) in [5, 5.41) is 10.9. The topological polar surface area (TPSA) is 74.7 Å². The number of hydrogen-bond donors (Lipinski definition) is 2. The maximum absolute atomic E-state index is 14.1. The van der Waals surface area contributed by atoms with E-state index in [1.54, 1.807) is 12.1 Å². The van der Waals surface area contributed by atoms with E-state index in [0.29, 0.717) is 60.5 Å². The Morgan fingerprint density at radius 1 is 0.871 bits per heavy atom. The zero-order valence-electron chi connectivity index (χ0n) is 34.6. The quantitative estimate of drug-likeness (QED) is 0.0785. The van der Waals surface area contributed by atoms with Gasteiger partial charge >= 0.3 is 6.36 Å². The van der Waals surface area contributed by atoms with Gasteiger partial charge in [0.15, 0.2) is 5.78 Å². The fourth-order valence-electron chi connectivity index (χ4n) is 8.88. The van der Waals surface area contributed by atoms with Gasteiger partial charge in [0.2, 0.25) is 0 Å².